The van der Waals surface area contributed by atoms with E-state index in [4.69, 9.17) is 10.00 Å². The Morgan fingerprint density at radius 1 is 1.45 bits per heavy atom. The van der Waals surface area contributed by atoms with E-state index in [9.17, 15) is 4.79 Å². The summed E-state index contributed by atoms with van der Waals surface area (Å²) >= 11 is 0. The molecule has 0 bridgehead atoms. The third-order valence-electron chi connectivity index (χ3n) is 3.14. The summed E-state index contributed by atoms with van der Waals surface area (Å²) in [6, 6.07) is 9.51. The van der Waals surface area contributed by atoms with Gasteiger partial charge in [0.2, 0.25) is 5.91 Å². The van der Waals surface area contributed by atoms with Crippen molar-refractivity contribution in [3.8, 4) is 11.8 Å². The number of ether oxygens (including phenoxy) is 1. The predicted octanol–water partition coefficient (Wildman–Crippen LogP) is 1.72. The molecule has 108 valence electrons. The van der Waals surface area contributed by atoms with Gasteiger partial charge in [0.25, 0.3) is 0 Å². The summed E-state index contributed by atoms with van der Waals surface area (Å²) in [5.41, 5.74) is 1.07. The number of likely N-dealkylation sites (N-methyl/N-ethyl adjacent to an activating group) is 1. The zero-order valence-electron chi connectivity index (χ0n) is 12.2. The molecular formula is C15H21N3O2. The lowest BCUT2D eigenvalue weighted by molar-refractivity contribution is -0.128. The molecular weight excluding hydrogens is 254 g/mol. The second-order valence-electron chi connectivity index (χ2n) is 4.53. The lowest BCUT2D eigenvalue weighted by Gasteiger charge is -2.18. The van der Waals surface area contributed by atoms with E-state index in [2.05, 4.69) is 5.32 Å². The highest BCUT2D eigenvalue weighted by Crippen LogP contribution is 2.17. The van der Waals surface area contributed by atoms with Crippen LogP contribution < -0.4 is 10.1 Å². The minimum atomic E-state index is 0.0466. The molecule has 1 atom stereocenters. The number of amides is 1. The maximum absolute atomic E-state index is 11.7. The number of carbonyl (C=O) groups excluding carboxylic acids is 1. The van der Waals surface area contributed by atoms with Crippen molar-refractivity contribution in [2.24, 2.45) is 0 Å². The molecule has 0 aliphatic carbocycles. The van der Waals surface area contributed by atoms with E-state index in [-0.39, 0.29) is 18.6 Å². The smallest absolute Gasteiger partial charge is 0.236 e. The van der Waals surface area contributed by atoms with Crippen LogP contribution in [0.15, 0.2) is 24.3 Å². The first-order chi connectivity index (χ1) is 9.58. The molecule has 5 nitrogen and oxygen atoms in total. The van der Waals surface area contributed by atoms with Gasteiger partial charge in [-0.2, -0.15) is 5.26 Å². The summed E-state index contributed by atoms with van der Waals surface area (Å²) in [5, 5.41) is 11.6. The van der Waals surface area contributed by atoms with Crippen LogP contribution in [0, 0.1) is 11.3 Å². The van der Waals surface area contributed by atoms with Gasteiger partial charge in [0.1, 0.15) is 11.8 Å². The highest BCUT2D eigenvalue weighted by molar-refractivity contribution is 5.77. The van der Waals surface area contributed by atoms with Crippen LogP contribution in [-0.2, 0) is 4.79 Å². The number of nitrogens with one attached hydrogen (secondary N) is 1. The van der Waals surface area contributed by atoms with Crippen LogP contribution in [0.25, 0.3) is 0 Å². The second-order valence-corrected chi connectivity index (χ2v) is 4.53. The number of nitriles is 1. The van der Waals surface area contributed by atoms with Crippen molar-refractivity contribution in [2.75, 3.05) is 26.7 Å². The zero-order valence-corrected chi connectivity index (χ0v) is 12.2. The molecule has 0 aromatic heterocycles. The number of nitrogens with zero attached hydrogens (tertiary/aromatic N) is 2. The van der Waals surface area contributed by atoms with E-state index in [1.165, 1.54) is 0 Å². The van der Waals surface area contributed by atoms with Gasteiger partial charge in [0.05, 0.1) is 6.54 Å². The Kier molecular flexibility index (Phi) is 6.54. The van der Waals surface area contributed by atoms with Gasteiger partial charge in [-0.15, -0.1) is 0 Å². The first kappa shape index (κ1) is 16.0. The molecule has 0 radical (unpaired) electrons. The number of carbonyl (C=O) groups is 1. The fourth-order valence-electron chi connectivity index (χ4n) is 1.64. The highest BCUT2D eigenvalue weighted by atomic mass is 16.5. The van der Waals surface area contributed by atoms with Crippen molar-refractivity contribution in [3.63, 3.8) is 0 Å². The summed E-state index contributed by atoms with van der Waals surface area (Å²) < 4.78 is 5.19. The normalized spacial score (nSPS) is 11.5. The molecule has 1 rings (SSSR count). The van der Waals surface area contributed by atoms with E-state index in [1.807, 2.05) is 44.2 Å². The van der Waals surface area contributed by atoms with Crippen LogP contribution in [0.2, 0.25) is 0 Å². The Morgan fingerprint density at radius 2 is 2.10 bits per heavy atom. The first-order valence-corrected chi connectivity index (χ1v) is 6.65. The van der Waals surface area contributed by atoms with Gasteiger partial charge in [-0.05, 0) is 31.5 Å². The number of hydrogen-bond acceptors (Lipinski definition) is 4. The third-order valence-corrected chi connectivity index (χ3v) is 3.14. The molecule has 0 heterocycles. The third kappa shape index (κ3) is 4.90. The fraction of sp³-hybridized carbons (Fsp3) is 0.467. The van der Waals surface area contributed by atoms with Gasteiger partial charge >= 0.3 is 0 Å². The van der Waals surface area contributed by atoms with Crippen molar-refractivity contribution < 1.29 is 9.53 Å². The maximum Gasteiger partial charge on any atom is 0.236 e. The standard InChI is InChI=1S/C15H21N3O2/c1-4-18(3)15(19)11-17-12(2)13-5-7-14(8-6-13)20-10-9-16/h5-8,12,17H,4,10-11H2,1-3H3. The van der Waals surface area contributed by atoms with E-state index in [0.29, 0.717) is 18.8 Å². The number of benzene rings is 1. The molecule has 1 unspecified atom stereocenters. The SMILES string of the molecule is CCN(C)C(=O)CNC(C)c1ccc(OCC#N)cc1. The highest BCUT2D eigenvalue weighted by Gasteiger charge is 2.10. The van der Waals surface area contributed by atoms with E-state index >= 15 is 0 Å². The molecule has 1 N–H and O–H groups in total. The van der Waals surface area contributed by atoms with Gasteiger partial charge in [0.15, 0.2) is 6.61 Å². The molecule has 0 saturated carbocycles. The van der Waals surface area contributed by atoms with Crippen LogP contribution >= 0.6 is 0 Å². The Balaban J connectivity index is 2.49. The molecule has 20 heavy (non-hydrogen) atoms. The van der Waals surface area contributed by atoms with Gasteiger partial charge in [-0.1, -0.05) is 12.1 Å². The minimum absolute atomic E-state index is 0.0466. The van der Waals surface area contributed by atoms with E-state index in [0.717, 1.165) is 5.56 Å². The summed E-state index contributed by atoms with van der Waals surface area (Å²) in [5.74, 6) is 0.748. The van der Waals surface area contributed by atoms with E-state index in [1.54, 1.807) is 11.9 Å². The molecule has 0 saturated heterocycles. The summed E-state index contributed by atoms with van der Waals surface area (Å²) in [7, 11) is 1.79. The van der Waals surface area contributed by atoms with Gasteiger partial charge in [0, 0.05) is 19.6 Å². The Bertz CT molecular complexity index is 465. The molecule has 1 aromatic carbocycles. The van der Waals surface area contributed by atoms with Crippen LogP contribution in [-0.4, -0.2) is 37.6 Å². The Morgan fingerprint density at radius 3 is 2.65 bits per heavy atom. The van der Waals surface area contributed by atoms with Gasteiger partial charge < -0.3 is 15.0 Å². The molecule has 1 aromatic rings. The fourth-order valence-corrected chi connectivity index (χ4v) is 1.64. The first-order valence-electron chi connectivity index (χ1n) is 6.65. The summed E-state index contributed by atoms with van der Waals surface area (Å²) in [6.07, 6.45) is 0. The van der Waals surface area contributed by atoms with Crippen LogP contribution in [0.1, 0.15) is 25.5 Å². The Labute approximate surface area is 120 Å². The van der Waals surface area contributed by atoms with Crippen molar-refractivity contribution in [1.29, 1.82) is 5.26 Å². The minimum Gasteiger partial charge on any atom is -0.479 e. The quantitative estimate of drug-likeness (QED) is 0.823. The maximum atomic E-state index is 11.7. The lowest BCUT2D eigenvalue weighted by Crippen LogP contribution is -2.36. The monoisotopic (exact) mass is 275 g/mol. The molecule has 1 amide bonds. The summed E-state index contributed by atoms with van der Waals surface area (Å²) in [4.78, 5) is 13.4. The largest absolute Gasteiger partial charge is 0.479 e. The molecule has 0 aliphatic rings. The number of hydrogen-bond donors (Lipinski definition) is 1. The molecule has 0 aliphatic heterocycles. The average Bonchev–Trinajstić information content (AvgIpc) is 2.49. The topological polar surface area (TPSA) is 65.4 Å². The lowest BCUT2D eigenvalue weighted by atomic mass is 10.1. The van der Waals surface area contributed by atoms with Crippen molar-refractivity contribution in [2.45, 2.75) is 19.9 Å². The van der Waals surface area contributed by atoms with Crippen LogP contribution in [0.3, 0.4) is 0 Å². The second kappa shape index (κ2) is 8.18. The van der Waals surface area contributed by atoms with Crippen LogP contribution in [0.5, 0.6) is 5.75 Å². The predicted molar refractivity (Wildman–Crippen MR) is 77.3 cm³/mol. The van der Waals surface area contributed by atoms with Crippen LogP contribution in [0.4, 0.5) is 0 Å². The van der Waals surface area contributed by atoms with E-state index < -0.39 is 0 Å². The van der Waals surface area contributed by atoms with Crippen molar-refractivity contribution >= 4 is 5.91 Å². The molecule has 0 spiro atoms. The van der Waals surface area contributed by atoms with Crippen molar-refractivity contribution in [3.05, 3.63) is 29.8 Å². The Hall–Kier alpha value is -2.06. The molecule has 0 fully saturated rings. The summed E-state index contributed by atoms with van der Waals surface area (Å²) in [6.45, 7) is 5.02. The zero-order chi connectivity index (χ0) is 15.0. The molecule has 5 heteroatoms. The van der Waals surface area contributed by atoms with Crippen molar-refractivity contribution in [1.82, 2.24) is 10.2 Å². The number of rotatable bonds is 7. The average molecular weight is 275 g/mol. The van der Waals surface area contributed by atoms with Gasteiger partial charge in [-0.25, -0.2) is 0 Å². The van der Waals surface area contributed by atoms with Gasteiger partial charge in [-0.3, -0.25) is 4.79 Å².